The van der Waals surface area contributed by atoms with Gasteiger partial charge in [-0.05, 0) is 41.5 Å². The van der Waals surface area contributed by atoms with Gasteiger partial charge in [-0.2, -0.15) is 52.7 Å². The van der Waals surface area contributed by atoms with Gasteiger partial charge in [0.05, 0.1) is 29.4 Å². The first-order valence-electron chi connectivity index (χ1n) is 9.59. The maximum absolute atomic E-state index is 13.7. The summed E-state index contributed by atoms with van der Waals surface area (Å²) in [7, 11) is 0.901. The zero-order valence-corrected chi connectivity index (χ0v) is 17.6. The first-order chi connectivity index (χ1) is 16.3. The molecule has 3 aromatic rings. The Labute approximate surface area is 194 Å². The lowest BCUT2D eigenvalue weighted by atomic mass is 9.91. The molecule has 0 amide bonds. The van der Waals surface area contributed by atoms with E-state index in [1.54, 1.807) is 0 Å². The van der Waals surface area contributed by atoms with Crippen LogP contribution in [-0.4, -0.2) is 7.11 Å². The summed E-state index contributed by atoms with van der Waals surface area (Å²) in [6.07, 6.45) is -20.8. The number of halogens is 12. The van der Waals surface area contributed by atoms with E-state index in [1.165, 1.54) is 0 Å². The molecule has 0 aromatic heterocycles. The van der Waals surface area contributed by atoms with E-state index in [1.807, 2.05) is 0 Å². The van der Waals surface area contributed by atoms with Gasteiger partial charge in [-0.3, -0.25) is 0 Å². The predicted molar refractivity (Wildman–Crippen MR) is 104 cm³/mol. The number of methoxy groups -OCH3 is 1. The standard InChI is InChI=1S/C23H12F12O/c1-36-19-15(11-7-13(21(27,28)29)9-14(8-11)22(30,31)32)3-2-4-17(19)16-6-5-12(20(24,25)26)10-18(16)23(33,34)35/h2-10H,1H3. The third-order valence-electron chi connectivity index (χ3n) is 5.06. The SMILES string of the molecule is COc1c(-c2cc(C(F)(F)F)cc(C(F)(F)F)c2)cccc1-c1ccc(C(F)(F)F)cc1C(F)(F)F. The van der Waals surface area contributed by atoms with E-state index >= 15 is 0 Å². The highest BCUT2D eigenvalue weighted by Crippen LogP contribution is 2.47. The van der Waals surface area contributed by atoms with E-state index in [9.17, 15) is 52.7 Å². The molecule has 0 heterocycles. The van der Waals surface area contributed by atoms with Crippen LogP contribution in [0, 0.1) is 0 Å². The Balaban J connectivity index is 2.34. The quantitative estimate of drug-likeness (QED) is 0.306. The fraction of sp³-hybridized carbons (Fsp3) is 0.217. The summed E-state index contributed by atoms with van der Waals surface area (Å²) in [6, 6.07) is 4.32. The van der Waals surface area contributed by atoms with Crippen LogP contribution >= 0.6 is 0 Å². The van der Waals surface area contributed by atoms with Crippen LogP contribution in [0.25, 0.3) is 22.3 Å². The van der Waals surface area contributed by atoms with Gasteiger partial charge in [0, 0.05) is 11.1 Å². The summed E-state index contributed by atoms with van der Waals surface area (Å²) in [5.41, 5.74) is -9.14. The highest BCUT2D eigenvalue weighted by atomic mass is 19.4. The molecule has 13 heteroatoms. The second-order valence-corrected chi connectivity index (χ2v) is 7.44. The molecule has 3 rings (SSSR count). The lowest BCUT2D eigenvalue weighted by Gasteiger charge is -2.20. The van der Waals surface area contributed by atoms with Gasteiger partial charge in [0.1, 0.15) is 5.75 Å². The Morgan fingerprint density at radius 3 is 1.44 bits per heavy atom. The van der Waals surface area contributed by atoms with E-state index in [4.69, 9.17) is 4.74 Å². The van der Waals surface area contributed by atoms with Crippen molar-refractivity contribution in [1.82, 2.24) is 0 Å². The van der Waals surface area contributed by atoms with Crippen LogP contribution in [0.4, 0.5) is 52.7 Å². The van der Waals surface area contributed by atoms with Gasteiger partial charge in [0.15, 0.2) is 0 Å². The van der Waals surface area contributed by atoms with Crippen molar-refractivity contribution in [1.29, 1.82) is 0 Å². The molecule has 0 aliphatic heterocycles. The maximum Gasteiger partial charge on any atom is 0.417 e. The predicted octanol–water partition coefficient (Wildman–Crippen LogP) is 9.10. The van der Waals surface area contributed by atoms with Gasteiger partial charge >= 0.3 is 24.7 Å². The molecule has 0 aliphatic carbocycles. The van der Waals surface area contributed by atoms with E-state index in [2.05, 4.69) is 0 Å². The van der Waals surface area contributed by atoms with Crippen LogP contribution in [0.1, 0.15) is 22.3 Å². The smallest absolute Gasteiger partial charge is 0.417 e. The molecular weight excluding hydrogens is 520 g/mol. The molecule has 0 radical (unpaired) electrons. The topological polar surface area (TPSA) is 9.23 Å². The molecule has 0 spiro atoms. The molecule has 0 atom stereocenters. The summed E-state index contributed by atoms with van der Waals surface area (Å²) >= 11 is 0. The fourth-order valence-electron chi connectivity index (χ4n) is 3.50. The third kappa shape index (κ3) is 5.54. The number of benzene rings is 3. The van der Waals surface area contributed by atoms with E-state index in [-0.39, 0.29) is 12.1 Å². The van der Waals surface area contributed by atoms with Gasteiger partial charge in [-0.1, -0.05) is 24.3 Å². The van der Waals surface area contributed by atoms with Crippen molar-refractivity contribution in [2.24, 2.45) is 0 Å². The highest BCUT2D eigenvalue weighted by Gasteiger charge is 2.40. The number of para-hydroxylation sites is 1. The molecule has 0 N–H and O–H groups in total. The summed E-state index contributed by atoms with van der Waals surface area (Å²) in [5, 5.41) is 0. The van der Waals surface area contributed by atoms with Crippen LogP contribution in [-0.2, 0) is 24.7 Å². The van der Waals surface area contributed by atoms with Gasteiger partial charge in [0.2, 0.25) is 0 Å². The van der Waals surface area contributed by atoms with Crippen molar-refractivity contribution >= 4 is 0 Å². The third-order valence-corrected chi connectivity index (χ3v) is 5.06. The lowest BCUT2D eigenvalue weighted by molar-refractivity contribution is -0.144. The fourth-order valence-corrected chi connectivity index (χ4v) is 3.50. The van der Waals surface area contributed by atoms with Crippen LogP contribution in [0.2, 0.25) is 0 Å². The Kier molecular flexibility index (Phi) is 6.75. The zero-order valence-electron chi connectivity index (χ0n) is 17.6. The highest BCUT2D eigenvalue weighted by molar-refractivity contribution is 5.84. The molecule has 0 unspecified atom stereocenters. The van der Waals surface area contributed by atoms with E-state index in [0.717, 1.165) is 25.3 Å². The van der Waals surface area contributed by atoms with Gasteiger partial charge in [-0.15, -0.1) is 0 Å². The lowest BCUT2D eigenvalue weighted by Crippen LogP contribution is -2.12. The number of ether oxygens (including phenoxy) is 1. The summed E-state index contributed by atoms with van der Waals surface area (Å²) in [4.78, 5) is 0. The van der Waals surface area contributed by atoms with Crippen molar-refractivity contribution < 1.29 is 57.4 Å². The molecule has 0 saturated heterocycles. The molecule has 36 heavy (non-hydrogen) atoms. The first kappa shape index (κ1) is 27.2. The monoisotopic (exact) mass is 532 g/mol. The number of hydrogen-bond donors (Lipinski definition) is 0. The van der Waals surface area contributed by atoms with Crippen LogP contribution in [0.5, 0.6) is 5.75 Å². The van der Waals surface area contributed by atoms with Crippen molar-refractivity contribution in [3.8, 4) is 28.0 Å². The number of hydrogen-bond acceptors (Lipinski definition) is 1. The van der Waals surface area contributed by atoms with Crippen LogP contribution in [0.15, 0.2) is 54.6 Å². The van der Waals surface area contributed by atoms with E-state index < -0.39 is 75.0 Å². The van der Waals surface area contributed by atoms with Crippen LogP contribution in [0.3, 0.4) is 0 Å². The minimum Gasteiger partial charge on any atom is -0.495 e. The Morgan fingerprint density at radius 1 is 0.500 bits per heavy atom. The molecule has 0 aliphatic rings. The van der Waals surface area contributed by atoms with Gasteiger partial charge in [0.25, 0.3) is 0 Å². The minimum absolute atomic E-state index is 0.128. The van der Waals surface area contributed by atoms with E-state index in [0.29, 0.717) is 24.3 Å². The summed E-state index contributed by atoms with van der Waals surface area (Å²) in [5.74, 6) is -0.574. The molecule has 0 fully saturated rings. The van der Waals surface area contributed by atoms with Crippen LogP contribution < -0.4 is 4.74 Å². The average molecular weight is 532 g/mol. The number of alkyl halides is 12. The minimum atomic E-state index is -5.29. The van der Waals surface area contributed by atoms with Gasteiger partial charge in [-0.25, -0.2) is 0 Å². The summed E-state index contributed by atoms with van der Waals surface area (Å²) in [6.45, 7) is 0. The molecule has 194 valence electrons. The molecular formula is C23H12F12O. The molecule has 0 saturated carbocycles. The Hall–Kier alpha value is -3.38. The Bertz CT molecular complexity index is 1230. The summed E-state index contributed by atoms with van der Waals surface area (Å²) < 4.78 is 165. The van der Waals surface area contributed by atoms with Crippen molar-refractivity contribution in [3.63, 3.8) is 0 Å². The second-order valence-electron chi connectivity index (χ2n) is 7.44. The second kappa shape index (κ2) is 8.93. The molecule has 1 nitrogen and oxygen atoms in total. The largest absolute Gasteiger partial charge is 0.495 e. The van der Waals surface area contributed by atoms with Crippen molar-refractivity contribution in [2.75, 3.05) is 7.11 Å². The maximum atomic E-state index is 13.7. The van der Waals surface area contributed by atoms with Gasteiger partial charge < -0.3 is 4.74 Å². The average Bonchev–Trinajstić information content (AvgIpc) is 2.75. The van der Waals surface area contributed by atoms with Crippen molar-refractivity contribution in [2.45, 2.75) is 24.7 Å². The van der Waals surface area contributed by atoms with Crippen molar-refractivity contribution in [3.05, 3.63) is 76.9 Å². The normalized spacial score (nSPS) is 13.1. The molecule has 0 bridgehead atoms. The first-order valence-corrected chi connectivity index (χ1v) is 9.59. The Morgan fingerprint density at radius 2 is 1.00 bits per heavy atom. The molecule has 3 aromatic carbocycles. The number of rotatable bonds is 3. The zero-order chi connectivity index (χ0) is 27.3.